The molecule has 3 nitrogen and oxygen atoms in total. The van der Waals surface area contributed by atoms with Crippen molar-refractivity contribution in [3.05, 3.63) is 22.6 Å². The molecule has 0 aliphatic carbocycles. The molecule has 1 rings (SSSR count). The number of nitrogens with two attached hydrogens (primary N) is 1. The number of aromatic nitrogens is 1. The normalized spacial score (nSPS) is 12.5. The number of pyridine rings is 1. The lowest BCUT2D eigenvalue weighted by molar-refractivity contribution is 0.562. The fourth-order valence-corrected chi connectivity index (χ4v) is 1.51. The van der Waals surface area contributed by atoms with Crippen LogP contribution in [0.4, 0.5) is 10.2 Å². The number of hydrogen-bond donors (Lipinski definition) is 2. The van der Waals surface area contributed by atoms with Gasteiger partial charge in [-0.15, -0.1) is 0 Å². The summed E-state index contributed by atoms with van der Waals surface area (Å²) < 4.78 is 13.9. The van der Waals surface area contributed by atoms with Crippen molar-refractivity contribution in [2.45, 2.75) is 13.3 Å². The van der Waals surface area contributed by atoms with Gasteiger partial charge >= 0.3 is 0 Å². The van der Waals surface area contributed by atoms with Gasteiger partial charge in [0.05, 0.1) is 0 Å². The predicted octanol–water partition coefficient (Wildman–Crippen LogP) is 2.38. The fourth-order valence-electron chi connectivity index (χ4n) is 1.20. The molecule has 0 fully saturated rings. The predicted molar refractivity (Wildman–Crippen MR) is 63.2 cm³/mol. The maximum atomic E-state index is 13.3. The first kappa shape index (κ1) is 12.4. The highest BCUT2D eigenvalue weighted by Gasteiger charge is 2.06. The standard InChI is InChI=1S/C10H15BrFN3/c1-7(2-3-13)5-14-10-9(12)4-8(11)6-15-10/h4,6-7H,2-3,5,13H2,1H3,(H,14,15). The molecule has 1 aromatic heterocycles. The second-order valence-electron chi connectivity index (χ2n) is 3.55. The molecule has 0 spiro atoms. The van der Waals surface area contributed by atoms with Gasteiger partial charge in [0.1, 0.15) is 0 Å². The molecule has 0 radical (unpaired) electrons. The van der Waals surface area contributed by atoms with E-state index >= 15 is 0 Å². The highest BCUT2D eigenvalue weighted by atomic mass is 79.9. The number of nitrogens with one attached hydrogen (secondary N) is 1. The zero-order valence-electron chi connectivity index (χ0n) is 8.63. The SMILES string of the molecule is CC(CCN)CNc1ncc(Br)cc1F. The van der Waals surface area contributed by atoms with Crippen LogP contribution < -0.4 is 11.1 Å². The molecule has 15 heavy (non-hydrogen) atoms. The van der Waals surface area contributed by atoms with Crippen LogP contribution in [0.3, 0.4) is 0 Å². The van der Waals surface area contributed by atoms with E-state index in [1.807, 2.05) is 0 Å². The van der Waals surface area contributed by atoms with Gasteiger partial charge in [0.15, 0.2) is 11.6 Å². The van der Waals surface area contributed by atoms with Gasteiger partial charge in [0, 0.05) is 17.2 Å². The maximum Gasteiger partial charge on any atom is 0.166 e. The lowest BCUT2D eigenvalue weighted by Gasteiger charge is -2.12. The minimum absolute atomic E-state index is 0.294. The lowest BCUT2D eigenvalue weighted by Crippen LogP contribution is -2.16. The van der Waals surface area contributed by atoms with Crippen LogP contribution in [0, 0.1) is 11.7 Å². The van der Waals surface area contributed by atoms with E-state index < -0.39 is 0 Å². The van der Waals surface area contributed by atoms with Gasteiger partial charge in [0.2, 0.25) is 0 Å². The van der Waals surface area contributed by atoms with E-state index in [1.165, 1.54) is 6.07 Å². The third-order valence-corrected chi connectivity index (χ3v) is 2.52. The second-order valence-corrected chi connectivity index (χ2v) is 4.46. The highest BCUT2D eigenvalue weighted by Crippen LogP contribution is 2.16. The van der Waals surface area contributed by atoms with Crippen LogP contribution in [0.25, 0.3) is 0 Å². The van der Waals surface area contributed by atoms with Crippen LogP contribution in [0.5, 0.6) is 0 Å². The molecule has 0 bridgehead atoms. The number of nitrogens with zero attached hydrogens (tertiary/aromatic N) is 1. The van der Waals surface area contributed by atoms with E-state index in [0.29, 0.717) is 29.3 Å². The Kier molecular flexibility index (Phi) is 4.98. The van der Waals surface area contributed by atoms with E-state index in [0.717, 1.165) is 6.42 Å². The number of rotatable bonds is 5. The molecule has 0 saturated heterocycles. The van der Waals surface area contributed by atoms with E-state index in [2.05, 4.69) is 33.2 Å². The van der Waals surface area contributed by atoms with Crippen molar-refractivity contribution in [2.24, 2.45) is 11.7 Å². The molecule has 0 aromatic carbocycles. The molecule has 84 valence electrons. The van der Waals surface area contributed by atoms with Crippen molar-refractivity contribution in [3.8, 4) is 0 Å². The Labute approximate surface area is 97.4 Å². The Morgan fingerprint density at radius 3 is 3.00 bits per heavy atom. The van der Waals surface area contributed by atoms with Gasteiger partial charge in [0.25, 0.3) is 0 Å². The molecule has 0 aliphatic heterocycles. The van der Waals surface area contributed by atoms with Crippen LogP contribution in [-0.2, 0) is 0 Å². The number of anilines is 1. The topological polar surface area (TPSA) is 50.9 Å². The molecule has 5 heteroatoms. The first-order valence-electron chi connectivity index (χ1n) is 4.88. The number of halogens is 2. The quantitative estimate of drug-likeness (QED) is 0.868. The van der Waals surface area contributed by atoms with E-state index in [-0.39, 0.29) is 5.82 Å². The summed E-state index contributed by atoms with van der Waals surface area (Å²) in [5.74, 6) is 0.367. The Morgan fingerprint density at radius 2 is 2.40 bits per heavy atom. The van der Waals surface area contributed by atoms with Crippen LogP contribution in [0.15, 0.2) is 16.7 Å². The van der Waals surface area contributed by atoms with Crippen LogP contribution >= 0.6 is 15.9 Å². The van der Waals surface area contributed by atoms with E-state index in [4.69, 9.17) is 5.73 Å². The molecule has 0 saturated carbocycles. The van der Waals surface area contributed by atoms with Gasteiger partial charge < -0.3 is 11.1 Å². The van der Waals surface area contributed by atoms with E-state index in [9.17, 15) is 4.39 Å². The average Bonchev–Trinajstić information content (AvgIpc) is 2.17. The Hall–Kier alpha value is -0.680. The van der Waals surface area contributed by atoms with Crippen molar-refractivity contribution in [3.63, 3.8) is 0 Å². The van der Waals surface area contributed by atoms with Crippen molar-refractivity contribution < 1.29 is 4.39 Å². The number of hydrogen-bond acceptors (Lipinski definition) is 3. The van der Waals surface area contributed by atoms with Crippen molar-refractivity contribution in [2.75, 3.05) is 18.4 Å². The minimum atomic E-state index is -0.343. The molecule has 0 aliphatic rings. The maximum absolute atomic E-state index is 13.3. The van der Waals surface area contributed by atoms with Crippen molar-refractivity contribution in [1.29, 1.82) is 0 Å². The van der Waals surface area contributed by atoms with Gasteiger partial charge in [-0.2, -0.15) is 0 Å². The van der Waals surface area contributed by atoms with Crippen LogP contribution in [0.2, 0.25) is 0 Å². The summed E-state index contributed by atoms with van der Waals surface area (Å²) in [5, 5.41) is 2.96. The van der Waals surface area contributed by atoms with Crippen molar-refractivity contribution >= 4 is 21.7 Å². The summed E-state index contributed by atoms with van der Waals surface area (Å²) in [5.41, 5.74) is 5.42. The first-order valence-corrected chi connectivity index (χ1v) is 5.67. The Balaban J connectivity index is 2.50. The smallest absolute Gasteiger partial charge is 0.166 e. The van der Waals surface area contributed by atoms with E-state index in [1.54, 1.807) is 6.20 Å². The summed E-state index contributed by atoms with van der Waals surface area (Å²) in [6.45, 7) is 3.40. The van der Waals surface area contributed by atoms with Crippen molar-refractivity contribution in [1.82, 2.24) is 4.98 Å². The average molecular weight is 276 g/mol. The van der Waals surface area contributed by atoms with Crippen LogP contribution in [-0.4, -0.2) is 18.1 Å². The summed E-state index contributed by atoms with van der Waals surface area (Å²) in [6.07, 6.45) is 2.49. The molecule has 0 amide bonds. The minimum Gasteiger partial charge on any atom is -0.367 e. The van der Waals surface area contributed by atoms with Gasteiger partial charge in [-0.3, -0.25) is 0 Å². The molecule has 1 heterocycles. The lowest BCUT2D eigenvalue weighted by atomic mass is 10.1. The second kappa shape index (κ2) is 6.02. The highest BCUT2D eigenvalue weighted by molar-refractivity contribution is 9.10. The Bertz CT molecular complexity index is 320. The third kappa shape index (κ3) is 4.13. The molecular formula is C10H15BrFN3. The molecular weight excluding hydrogens is 261 g/mol. The summed E-state index contributed by atoms with van der Waals surface area (Å²) in [7, 11) is 0. The zero-order valence-corrected chi connectivity index (χ0v) is 10.2. The summed E-state index contributed by atoms with van der Waals surface area (Å²) in [6, 6.07) is 1.39. The molecule has 1 atom stereocenters. The molecule has 3 N–H and O–H groups in total. The first-order chi connectivity index (χ1) is 7.13. The van der Waals surface area contributed by atoms with Gasteiger partial charge in [-0.1, -0.05) is 6.92 Å². The molecule has 1 unspecified atom stereocenters. The van der Waals surface area contributed by atoms with Gasteiger partial charge in [-0.25, -0.2) is 9.37 Å². The largest absolute Gasteiger partial charge is 0.367 e. The van der Waals surface area contributed by atoms with Gasteiger partial charge in [-0.05, 0) is 40.9 Å². The summed E-state index contributed by atoms with van der Waals surface area (Å²) in [4.78, 5) is 3.95. The Morgan fingerprint density at radius 1 is 1.67 bits per heavy atom. The third-order valence-electron chi connectivity index (χ3n) is 2.09. The monoisotopic (exact) mass is 275 g/mol. The molecule has 1 aromatic rings. The fraction of sp³-hybridized carbons (Fsp3) is 0.500. The zero-order chi connectivity index (χ0) is 11.3. The van der Waals surface area contributed by atoms with Crippen LogP contribution in [0.1, 0.15) is 13.3 Å². The summed E-state index contributed by atoms with van der Waals surface area (Å²) >= 11 is 3.15.